The lowest BCUT2D eigenvalue weighted by molar-refractivity contribution is -0.118. The molecule has 0 aliphatic rings. The van der Waals surface area contributed by atoms with E-state index in [1.54, 1.807) is 0 Å². The Hall–Kier alpha value is -0.510. The fraction of sp³-hybridized carbons (Fsp3) is 0.857. The quantitative estimate of drug-likeness (QED) is 0.655. The second-order valence-electron chi connectivity index (χ2n) is 2.06. The SMILES string of the molecule is CCCCC(=O)CC.O=S=O. The zero-order valence-electron chi connectivity index (χ0n) is 6.96. The molecule has 66 valence electrons. The summed E-state index contributed by atoms with van der Waals surface area (Å²) in [5.41, 5.74) is 0. The van der Waals surface area contributed by atoms with Gasteiger partial charge >= 0.3 is 11.6 Å². The van der Waals surface area contributed by atoms with Crippen molar-refractivity contribution in [3.8, 4) is 0 Å². The highest BCUT2D eigenvalue weighted by Gasteiger charge is 1.93. The highest BCUT2D eigenvalue weighted by molar-refractivity contribution is 7.51. The first-order valence-corrected chi connectivity index (χ1v) is 4.33. The molecular weight excluding hydrogens is 164 g/mol. The Morgan fingerprint density at radius 3 is 2.00 bits per heavy atom. The number of Topliss-reactive ketones (excluding diaryl/α,β-unsaturated/α-hetero) is 1. The molecule has 0 saturated carbocycles. The average molecular weight is 178 g/mol. The highest BCUT2D eigenvalue weighted by Crippen LogP contribution is 1.96. The largest absolute Gasteiger partial charge is 0.335 e. The van der Waals surface area contributed by atoms with Crippen LogP contribution in [0, 0.1) is 0 Å². The summed E-state index contributed by atoms with van der Waals surface area (Å²) >= 11 is -0.750. The Morgan fingerprint density at radius 1 is 1.27 bits per heavy atom. The van der Waals surface area contributed by atoms with E-state index >= 15 is 0 Å². The van der Waals surface area contributed by atoms with Gasteiger partial charge in [-0.3, -0.25) is 4.79 Å². The third-order valence-corrected chi connectivity index (χ3v) is 1.20. The van der Waals surface area contributed by atoms with Crippen LogP contribution in [0.5, 0.6) is 0 Å². The normalized spacial score (nSPS) is 7.82. The number of hydrogen-bond acceptors (Lipinski definition) is 3. The van der Waals surface area contributed by atoms with Crippen LogP contribution in [0.25, 0.3) is 0 Å². The van der Waals surface area contributed by atoms with Gasteiger partial charge in [0.25, 0.3) is 0 Å². The van der Waals surface area contributed by atoms with Crippen molar-refractivity contribution in [3.63, 3.8) is 0 Å². The molecule has 0 amide bonds. The Bertz CT molecular complexity index is 128. The summed E-state index contributed by atoms with van der Waals surface area (Å²) in [7, 11) is 0. The van der Waals surface area contributed by atoms with Gasteiger partial charge in [-0.1, -0.05) is 20.3 Å². The molecule has 0 atom stereocenters. The van der Waals surface area contributed by atoms with Crippen LogP contribution in [0.3, 0.4) is 0 Å². The van der Waals surface area contributed by atoms with Crippen molar-refractivity contribution in [1.29, 1.82) is 0 Å². The summed E-state index contributed by atoms with van der Waals surface area (Å²) in [4.78, 5) is 10.6. The average Bonchev–Trinajstić information content (AvgIpc) is 2.02. The minimum atomic E-state index is -0.750. The molecule has 3 nitrogen and oxygen atoms in total. The molecule has 0 N–H and O–H groups in total. The van der Waals surface area contributed by atoms with E-state index in [1.165, 1.54) is 0 Å². The van der Waals surface area contributed by atoms with Gasteiger partial charge in [0.2, 0.25) is 0 Å². The smallest absolute Gasteiger partial charge is 0.300 e. The van der Waals surface area contributed by atoms with Gasteiger partial charge < -0.3 is 0 Å². The van der Waals surface area contributed by atoms with E-state index in [2.05, 4.69) is 6.92 Å². The van der Waals surface area contributed by atoms with E-state index in [0.717, 1.165) is 19.3 Å². The zero-order chi connectivity index (χ0) is 9.11. The minimum Gasteiger partial charge on any atom is -0.300 e. The van der Waals surface area contributed by atoms with Crippen LogP contribution in [0.1, 0.15) is 39.5 Å². The van der Waals surface area contributed by atoms with Crippen LogP contribution in [0.15, 0.2) is 0 Å². The first-order valence-electron chi connectivity index (χ1n) is 3.66. The van der Waals surface area contributed by atoms with Gasteiger partial charge in [-0.15, -0.1) is 0 Å². The van der Waals surface area contributed by atoms with Crippen LogP contribution < -0.4 is 0 Å². The van der Waals surface area contributed by atoms with Crippen molar-refractivity contribution in [3.05, 3.63) is 0 Å². The molecule has 0 aromatic carbocycles. The lowest BCUT2D eigenvalue weighted by atomic mass is 10.1. The fourth-order valence-corrected chi connectivity index (χ4v) is 0.551. The highest BCUT2D eigenvalue weighted by atomic mass is 32.1. The summed E-state index contributed by atoms with van der Waals surface area (Å²) in [6.45, 7) is 4.01. The summed E-state index contributed by atoms with van der Waals surface area (Å²) in [6.07, 6.45) is 3.69. The molecule has 0 aliphatic carbocycles. The third kappa shape index (κ3) is 17.7. The molecule has 0 saturated heterocycles. The predicted octanol–water partition coefficient (Wildman–Crippen LogP) is 1.49. The van der Waals surface area contributed by atoms with Crippen LogP contribution >= 0.6 is 0 Å². The standard InChI is InChI=1S/C7H14O.O2S/c1-3-5-6-7(8)4-2;1-3-2/h3-6H2,1-2H3;. The molecule has 0 aliphatic heterocycles. The lowest BCUT2D eigenvalue weighted by Gasteiger charge is -1.91. The van der Waals surface area contributed by atoms with Gasteiger partial charge in [-0.25, -0.2) is 0 Å². The maximum Gasteiger partial charge on any atom is 0.335 e. The van der Waals surface area contributed by atoms with Crippen molar-refractivity contribution < 1.29 is 13.2 Å². The Balaban J connectivity index is 0. The third-order valence-electron chi connectivity index (χ3n) is 1.20. The van der Waals surface area contributed by atoms with Gasteiger partial charge in [0.05, 0.1) is 0 Å². The number of ketones is 1. The Morgan fingerprint density at radius 2 is 1.73 bits per heavy atom. The number of carbonyl (C=O) groups excluding carboxylic acids is 1. The van der Waals surface area contributed by atoms with E-state index < -0.39 is 11.6 Å². The molecule has 0 heterocycles. The molecule has 0 unspecified atom stereocenters. The van der Waals surface area contributed by atoms with Crippen molar-refractivity contribution in [1.82, 2.24) is 0 Å². The lowest BCUT2D eigenvalue weighted by Crippen LogP contribution is -1.92. The Kier molecular flexibility index (Phi) is 14.5. The summed E-state index contributed by atoms with van der Waals surface area (Å²) in [6, 6.07) is 0. The van der Waals surface area contributed by atoms with Gasteiger partial charge in [0.15, 0.2) is 0 Å². The van der Waals surface area contributed by atoms with E-state index in [0.29, 0.717) is 12.2 Å². The van der Waals surface area contributed by atoms with Crippen LogP contribution in [0.4, 0.5) is 0 Å². The predicted molar refractivity (Wildman–Crippen MR) is 43.7 cm³/mol. The second-order valence-corrected chi connectivity index (χ2v) is 2.20. The molecule has 0 radical (unpaired) electrons. The fourth-order valence-electron chi connectivity index (χ4n) is 0.551. The van der Waals surface area contributed by atoms with Crippen molar-refractivity contribution in [2.24, 2.45) is 0 Å². The van der Waals surface area contributed by atoms with E-state index in [1.807, 2.05) is 6.92 Å². The Labute approximate surface area is 70.8 Å². The molecule has 0 bridgehead atoms. The van der Waals surface area contributed by atoms with E-state index in [-0.39, 0.29) is 0 Å². The van der Waals surface area contributed by atoms with Crippen LogP contribution in [0.2, 0.25) is 0 Å². The van der Waals surface area contributed by atoms with Gasteiger partial charge in [0, 0.05) is 12.8 Å². The molecule has 0 aromatic rings. The summed E-state index contributed by atoms with van der Waals surface area (Å²) in [5.74, 6) is 0.395. The molecule has 0 spiro atoms. The monoisotopic (exact) mass is 178 g/mol. The molecular formula is C7H14O3S. The number of carbonyl (C=O) groups is 1. The number of unbranched alkanes of at least 4 members (excludes halogenated alkanes) is 1. The maximum atomic E-state index is 10.6. The van der Waals surface area contributed by atoms with Gasteiger partial charge in [0.1, 0.15) is 5.78 Å². The topological polar surface area (TPSA) is 51.2 Å². The van der Waals surface area contributed by atoms with Crippen molar-refractivity contribution in [2.75, 3.05) is 0 Å². The second kappa shape index (κ2) is 12.2. The van der Waals surface area contributed by atoms with E-state index in [9.17, 15) is 4.79 Å². The van der Waals surface area contributed by atoms with Crippen LogP contribution in [-0.4, -0.2) is 14.2 Å². The van der Waals surface area contributed by atoms with E-state index in [4.69, 9.17) is 8.42 Å². The summed E-state index contributed by atoms with van der Waals surface area (Å²) < 4.78 is 16.6. The molecule has 0 rings (SSSR count). The van der Waals surface area contributed by atoms with Gasteiger partial charge in [-0.05, 0) is 6.42 Å². The molecule has 0 fully saturated rings. The minimum absolute atomic E-state index is 0.395. The van der Waals surface area contributed by atoms with Crippen LogP contribution in [-0.2, 0) is 16.4 Å². The maximum absolute atomic E-state index is 10.6. The zero-order valence-corrected chi connectivity index (χ0v) is 7.78. The summed E-state index contributed by atoms with van der Waals surface area (Å²) in [5, 5.41) is 0. The van der Waals surface area contributed by atoms with Gasteiger partial charge in [-0.2, -0.15) is 8.42 Å². The molecule has 0 aromatic heterocycles. The van der Waals surface area contributed by atoms with Crippen molar-refractivity contribution >= 4 is 17.4 Å². The van der Waals surface area contributed by atoms with Crippen molar-refractivity contribution in [2.45, 2.75) is 39.5 Å². The number of rotatable bonds is 4. The first-order chi connectivity index (χ1) is 5.22. The molecule has 11 heavy (non-hydrogen) atoms. The number of hydrogen-bond donors (Lipinski definition) is 0. The first kappa shape index (κ1) is 13.1. The molecule has 4 heteroatoms.